The summed E-state index contributed by atoms with van der Waals surface area (Å²) < 4.78 is 5.96. The number of halogens is 1. The molecule has 1 aliphatic heterocycles. The Labute approximate surface area is 121 Å². The third-order valence-electron chi connectivity index (χ3n) is 4.71. The molecule has 2 rings (SSSR count). The molecule has 0 spiro atoms. The van der Waals surface area contributed by atoms with Gasteiger partial charge in [-0.1, -0.05) is 49.5 Å². The normalized spacial score (nSPS) is 32.0. The van der Waals surface area contributed by atoms with E-state index in [2.05, 4.69) is 41.6 Å². The maximum atomic E-state index is 5.96. The monoisotopic (exact) mass is 317 g/mol. The fourth-order valence-electron chi connectivity index (χ4n) is 3.24. The summed E-state index contributed by atoms with van der Waals surface area (Å²) in [6, 6.07) is 0.691. The Morgan fingerprint density at radius 2 is 2.00 bits per heavy atom. The molecule has 3 unspecified atom stereocenters. The number of nitrogens with zero attached hydrogens (tertiary/aromatic N) is 1. The predicted octanol–water partition coefficient (Wildman–Crippen LogP) is 3.69. The molecule has 106 valence electrons. The van der Waals surface area contributed by atoms with Crippen molar-refractivity contribution in [3.05, 3.63) is 0 Å². The van der Waals surface area contributed by atoms with E-state index >= 15 is 0 Å². The van der Waals surface area contributed by atoms with Crippen LogP contribution < -0.4 is 0 Å². The van der Waals surface area contributed by atoms with Crippen LogP contribution in [0.5, 0.6) is 0 Å². The van der Waals surface area contributed by atoms with Gasteiger partial charge in [-0.2, -0.15) is 0 Å². The van der Waals surface area contributed by atoms with Crippen LogP contribution in [-0.2, 0) is 4.74 Å². The molecule has 0 bridgehead atoms. The number of fused-ring (bicyclic) bond motifs is 1. The molecule has 2 fully saturated rings. The molecule has 18 heavy (non-hydrogen) atoms. The first-order chi connectivity index (χ1) is 8.52. The Hall–Kier alpha value is 0.400. The zero-order valence-corrected chi connectivity index (χ0v) is 13.7. The van der Waals surface area contributed by atoms with Crippen LogP contribution in [0.25, 0.3) is 0 Å². The van der Waals surface area contributed by atoms with Crippen LogP contribution >= 0.6 is 15.9 Å². The van der Waals surface area contributed by atoms with Gasteiger partial charge >= 0.3 is 0 Å². The quantitative estimate of drug-likeness (QED) is 0.736. The lowest BCUT2D eigenvalue weighted by molar-refractivity contribution is -0.0947. The second kappa shape index (κ2) is 6.23. The number of hydrogen-bond donors (Lipinski definition) is 0. The highest BCUT2D eigenvalue weighted by Gasteiger charge is 2.36. The second-order valence-electron chi connectivity index (χ2n) is 6.97. The van der Waals surface area contributed by atoms with E-state index in [1.54, 1.807) is 0 Å². The van der Waals surface area contributed by atoms with E-state index in [-0.39, 0.29) is 0 Å². The molecular weight excluding hydrogens is 290 g/mol. The zero-order chi connectivity index (χ0) is 13.2. The first-order valence-electron chi connectivity index (χ1n) is 7.44. The topological polar surface area (TPSA) is 12.5 Å². The summed E-state index contributed by atoms with van der Waals surface area (Å²) in [5.41, 5.74) is 0.381. The second-order valence-corrected chi connectivity index (χ2v) is 7.62. The maximum Gasteiger partial charge on any atom is 0.0730 e. The van der Waals surface area contributed by atoms with Crippen molar-refractivity contribution in [1.82, 2.24) is 4.90 Å². The van der Waals surface area contributed by atoms with Crippen LogP contribution in [0, 0.1) is 11.3 Å². The van der Waals surface area contributed by atoms with Crippen LogP contribution in [0.15, 0.2) is 0 Å². The van der Waals surface area contributed by atoms with Gasteiger partial charge in [-0.3, -0.25) is 4.90 Å². The van der Waals surface area contributed by atoms with Crippen LogP contribution in [0.2, 0.25) is 0 Å². The zero-order valence-electron chi connectivity index (χ0n) is 12.1. The van der Waals surface area contributed by atoms with E-state index in [1.165, 1.54) is 32.2 Å². The highest BCUT2D eigenvalue weighted by Crippen LogP contribution is 2.33. The van der Waals surface area contributed by atoms with Gasteiger partial charge in [0.05, 0.1) is 12.7 Å². The number of ether oxygens (including phenoxy) is 1. The van der Waals surface area contributed by atoms with Crippen molar-refractivity contribution in [2.45, 2.75) is 58.6 Å². The lowest BCUT2D eigenvalue weighted by Gasteiger charge is -2.46. The van der Waals surface area contributed by atoms with Crippen molar-refractivity contribution >= 4 is 15.9 Å². The van der Waals surface area contributed by atoms with E-state index in [1.807, 2.05) is 0 Å². The molecule has 1 heterocycles. The van der Waals surface area contributed by atoms with Crippen LogP contribution in [0.1, 0.15) is 46.5 Å². The third-order valence-corrected chi connectivity index (χ3v) is 5.49. The standard InChI is InChI=1S/C15H28BrNO/c1-15(2,3)12(10-16)11-17-8-9-18-14-7-5-4-6-13(14)17/h12-14H,4-11H2,1-3H3. The molecule has 1 aliphatic carbocycles. The molecule has 2 nitrogen and oxygen atoms in total. The molecule has 3 atom stereocenters. The highest BCUT2D eigenvalue weighted by atomic mass is 79.9. The Kier molecular flexibility index (Phi) is 5.13. The largest absolute Gasteiger partial charge is 0.375 e. The van der Waals surface area contributed by atoms with E-state index in [9.17, 15) is 0 Å². The summed E-state index contributed by atoms with van der Waals surface area (Å²) in [7, 11) is 0. The summed E-state index contributed by atoms with van der Waals surface area (Å²) in [5.74, 6) is 0.721. The molecule has 0 amide bonds. The smallest absolute Gasteiger partial charge is 0.0730 e. The Morgan fingerprint density at radius 1 is 1.28 bits per heavy atom. The fourth-order valence-corrected chi connectivity index (χ4v) is 4.42. The molecule has 0 radical (unpaired) electrons. The van der Waals surface area contributed by atoms with E-state index in [0.29, 0.717) is 17.6 Å². The van der Waals surface area contributed by atoms with Crippen molar-refractivity contribution in [2.24, 2.45) is 11.3 Å². The summed E-state index contributed by atoms with van der Waals surface area (Å²) >= 11 is 3.71. The van der Waals surface area contributed by atoms with Crippen LogP contribution in [0.4, 0.5) is 0 Å². The van der Waals surface area contributed by atoms with Gasteiger partial charge in [0.25, 0.3) is 0 Å². The third kappa shape index (κ3) is 3.49. The summed E-state index contributed by atoms with van der Waals surface area (Å²) in [6.07, 6.45) is 5.87. The lowest BCUT2D eigenvalue weighted by Crippen LogP contribution is -2.54. The van der Waals surface area contributed by atoms with Gasteiger partial charge in [0.2, 0.25) is 0 Å². The molecule has 3 heteroatoms. The summed E-state index contributed by atoms with van der Waals surface area (Å²) in [6.45, 7) is 10.4. The van der Waals surface area contributed by atoms with E-state index < -0.39 is 0 Å². The minimum Gasteiger partial charge on any atom is -0.375 e. The van der Waals surface area contributed by atoms with Crippen molar-refractivity contribution in [3.63, 3.8) is 0 Å². The number of alkyl halides is 1. The lowest BCUT2D eigenvalue weighted by atomic mass is 9.80. The molecular formula is C15H28BrNO. The Morgan fingerprint density at radius 3 is 2.67 bits per heavy atom. The average Bonchev–Trinajstić information content (AvgIpc) is 2.34. The molecule has 1 saturated heterocycles. The van der Waals surface area contributed by atoms with Crippen molar-refractivity contribution in [1.29, 1.82) is 0 Å². The van der Waals surface area contributed by atoms with Gasteiger partial charge < -0.3 is 4.74 Å². The van der Waals surface area contributed by atoms with Gasteiger partial charge in [-0.05, 0) is 24.2 Å². The molecule has 0 aromatic carbocycles. The van der Waals surface area contributed by atoms with E-state index in [4.69, 9.17) is 4.74 Å². The first-order valence-corrected chi connectivity index (χ1v) is 8.56. The van der Waals surface area contributed by atoms with E-state index in [0.717, 1.165) is 24.4 Å². The summed E-state index contributed by atoms with van der Waals surface area (Å²) in [5, 5.41) is 1.10. The maximum absolute atomic E-state index is 5.96. The summed E-state index contributed by atoms with van der Waals surface area (Å²) in [4.78, 5) is 2.71. The molecule has 2 aliphatic rings. The van der Waals surface area contributed by atoms with Crippen molar-refractivity contribution < 1.29 is 4.74 Å². The SMILES string of the molecule is CC(C)(C)C(CBr)CN1CCOC2CCCCC21. The van der Waals surface area contributed by atoms with Gasteiger partial charge in [0.15, 0.2) is 0 Å². The average molecular weight is 318 g/mol. The van der Waals surface area contributed by atoms with Gasteiger partial charge in [-0.25, -0.2) is 0 Å². The molecule has 0 aromatic rings. The number of rotatable bonds is 3. The first kappa shape index (κ1) is 14.8. The van der Waals surface area contributed by atoms with Crippen LogP contribution in [-0.4, -0.2) is 42.1 Å². The Balaban J connectivity index is 1.98. The van der Waals surface area contributed by atoms with Gasteiger partial charge in [0, 0.05) is 24.5 Å². The molecule has 1 saturated carbocycles. The van der Waals surface area contributed by atoms with Gasteiger partial charge in [-0.15, -0.1) is 0 Å². The van der Waals surface area contributed by atoms with Gasteiger partial charge in [0.1, 0.15) is 0 Å². The number of hydrogen-bond acceptors (Lipinski definition) is 2. The van der Waals surface area contributed by atoms with Crippen molar-refractivity contribution in [2.75, 3.05) is 25.0 Å². The highest BCUT2D eigenvalue weighted by molar-refractivity contribution is 9.09. The Bertz CT molecular complexity index is 262. The fraction of sp³-hybridized carbons (Fsp3) is 1.00. The minimum absolute atomic E-state index is 0.381. The number of morpholine rings is 1. The molecule has 0 aromatic heterocycles. The van der Waals surface area contributed by atoms with Crippen molar-refractivity contribution in [3.8, 4) is 0 Å². The molecule has 0 N–H and O–H groups in total. The van der Waals surface area contributed by atoms with Crippen LogP contribution in [0.3, 0.4) is 0 Å². The minimum atomic E-state index is 0.381. The predicted molar refractivity (Wildman–Crippen MR) is 80.3 cm³/mol.